The molecule has 434 valence electrons. The average Bonchev–Trinajstić information content (AvgIpc) is 3.37. The monoisotopic (exact) mass is 1040 g/mol. The number of nitrogens with zero attached hydrogens (tertiary/aromatic N) is 1. The van der Waals surface area contributed by atoms with Crippen LogP contribution in [0.25, 0.3) is 0 Å². The summed E-state index contributed by atoms with van der Waals surface area (Å²) in [6.07, 6.45) is 66.5. The van der Waals surface area contributed by atoms with Gasteiger partial charge in [0, 0.05) is 12.8 Å². The van der Waals surface area contributed by atoms with Crippen molar-refractivity contribution < 1.29 is 42.9 Å². The van der Waals surface area contributed by atoms with Crippen LogP contribution in [0.4, 0.5) is 0 Å². The van der Waals surface area contributed by atoms with Crippen LogP contribution >= 0.6 is 0 Å². The first kappa shape index (κ1) is 71.5. The van der Waals surface area contributed by atoms with Crippen molar-refractivity contribution >= 4 is 17.9 Å². The maximum atomic E-state index is 12.8. The second-order valence-electron chi connectivity index (χ2n) is 22.7. The molecule has 0 aromatic heterocycles. The van der Waals surface area contributed by atoms with E-state index in [2.05, 4.69) is 50.3 Å². The molecular formula is C65H121NO8. The summed E-state index contributed by atoms with van der Waals surface area (Å²) >= 11 is 0. The lowest BCUT2D eigenvalue weighted by Gasteiger charge is -2.26. The van der Waals surface area contributed by atoms with Gasteiger partial charge >= 0.3 is 11.9 Å². The molecule has 2 unspecified atom stereocenters. The Hall–Kier alpha value is -2.49. The summed E-state index contributed by atoms with van der Waals surface area (Å²) in [4.78, 5) is 37.3. The molecule has 2 atom stereocenters. The molecule has 0 aromatic rings. The van der Waals surface area contributed by atoms with Crippen LogP contribution in [0.3, 0.4) is 0 Å². The first-order chi connectivity index (χ1) is 36.1. The Balaban J connectivity index is 4.04. The Labute approximate surface area is 458 Å². The quantitative estimate of drug-likeness (QED) is 0.0195. The highest BCUT2D eigenvalue weighted by Crippen LogP contribution is 2.17. The van der Waals surface area contributed by atoms with Gasteiger partial charge in [-0.15, -0.1) is 0 Å². The third kappa shape index (κ3) is 57.2. The van der Waals surface area contributed by atoms with E-state index >= 15 is 0 Å². The van der Waals surface area contributed by atoms with Crippen LogP contribution in [-0.2, 0) is 33.3 Å². The molecule has 0 fully saturated rings. The van der Waals surface area contributed by atoms with E-state index in [4.69, 9.17) is 18.9 Å². The Morgan fingerprint density at radius 3 is 1.09 bits per heavy atom. The van der Waals surface area contributed by atoms with Gasteiger partial charge in [0.2, 0.25) is 0 Å². The number of rotatable bonds is 59. The lowest BCUT2D eigenvalue weighted by molar-refractivity contribution is -0.870. The molecule has 0 aromatic carbocycles. The molecule has 0 rings (SSSR count). The lowest BCUT2D eigenvalue weighted by Crippen LogP contribution is -2.44. The van der Waals surface area contributed by atoms with Crippen LogP contribution in [0, 0.1) is 0 Å². The maximum Gasteiger partial charge on any atom is 0.306 e. The molecule has 0 aliphatic heterocycles. The Morgan fingerprint density at radius 2 is 0.730 bits per heavy atom. The highest BCUT2D eigenvalue weighted by Gasteiger charge is 2.22. The molecule has 9 heteroatoms. The number of hydrogen-bond acceptors (Lipinski definition) is 8. The minimum Gasteiger partial charge on any atom is -0.545 e. The zero-order valence-electron chi connectivity index (χ0n) is 49.5. The minimum absolute atomic E-state index is 0.146. The summed E-state index contributed by atoms with van der Waals surface area (Å²) in [6.45, 7) is 4.75. The van der Waals surface area contributed by atoms with Crippen molar-refractivity contribution in [2.45, 2.75) is 315 Å². The fourth-order valence-corrected chi connectivity index (χ4v) is 9.21. The Bertz CT molecular complexity index is 1310. The van der Waals surface area contributed by atoms with Crippen molar-refractivity contribution in [2.24, 2.45) is 0 Å². The van der Waals surface area contributed by atoms with Crippen LogP contribution < -0.4 is 5.11 Å². The van der Waals surface area contributed by atoms with Crippen molar-refractivity contribution in [3.05, 3.63) is 36.5 Å². The highest BCUT2D eigenvalue weighted by molar-refractivity contribution is 5.70. The van der Waals surface area contributed by atoms with Crippen molar-refractivity contribution in [1.29, 1.82) is 0 Å². The van der Waals surface area contributed by atoms with Crippen molar-refractivity contribution in [2.75, 3.05) is 47.5 Å². The zero-order chi connectivity index (χ0) is 54.1. The standard InChI is InChI=1S/C65H121NO8/c1-6-8-10-12-14-16-18-20-22-24-25-26-27-28-29-30-31-32-33-34-35-36-37-38-39-40-42-43-45-47-49-51-53-55-62(67)72-59-61(60-73-65(64(69)70)71-58-57-66(3,4)5)74-63(68)56-54-52-50-48-46-44-41-23-21-19-17-15-13-11-9-7-2/h17,19,23-25,41,61,65H,6-16,18,20-22,26-40,42-60H2,1-5H3/b19-17-,25-24-,41-23-. The van der Waals surface area contributed by atoms with E-state index in [0.717, 1.165) is 57.8 Å². The Morgan fingerprint density at radius 1 is 0.405 bits per heavy atom. The van der Waals surface area contributed by atoms with Gasteiger partial charge in [-0.05, 0) is 70.6 Å². The Kier molecular flexibility index (Phi) is 54.8. The number of likely N-dealkylation sites (N-methyl/N-ethyl adjacent to an activating group) is 1. The van der Waals surface area contributed by atoms with Gasteiger partial charge in [0.05, 0.1) is 40.3 Å². The number of aliphatic carboxylic acids is 1. The SMILES string of the molecule is CCCCCC/C=C\C/C=C\CCCCCCCC(=O)OC(COC(=O)CCCCCCCCCCCCCCCCCCCCCCC/C=C\CCCCCCCCCC)COC(OCC[N+](C)(C)C)C(=O)[O-]. The van der Waals surface area contributed by atoms with E-state index in [9.17, 15) is 19.5 Å². The lowest BCUT2D eigenvalue weighted by atomic mass is 10.0. The van der Waals surface area contributed by atoms with Gasteiger partial charge in [0.1, 0.15) is 13.2 Å². The molecule has 0 aliphatic carbocycles. The van der Waals surface area contributed by atoms with E-state index in [-0.39, 0.29) is 32.2 Å². The van der Waals surface area contributed by atoms with E-state index in [0.29, 0.717) is 23.9 Å². The predicted octanol–water partition coefficient (Wildman–Crippen LogP) is 17.5. The summed E-state index contributed by atoms with van der Waals surface area (Å²) in [5.41, 5.74) is 0. The number of quaternary nitrogens is 1. The molecule has 74 heavy (non-hydrogen) atoms. The number of esters is 2. The normalized spacial score (nSPS) is 12.9. The van der Waals surface area contributed by atoms with Crippen LogP contribution in [-0.4, -0.2) is 82.3 Å². The number of allylic oxidation sites excluding steroid dienone is 6. The summed E-state index contributed by atoms with van der Waals surface area (Å²) in [6, 6.07) is 0. The number of carboxylic acids is 1. The summed E-state index contributed by atoms with van der Waals surface area (Å²) < 4.78 is 22.7. The van der Waals surface area contributed by atoms with Gasteiger partial charge in [0.15, 0.2) is 12.4 Å². The molecule has 0 saturated carbocycles. The molecule has 0 spiro atoms. The molecule has 0 heterocycles. The van der Waals surface area contributed by atoms with Crippen molar-refractivity contribution in [1.82, 2.24) is 0 Å². The van der Waals surface area contributed by atoms with Gasteiger partial charge in [-0.3, -0.25) is 9.59 Å². The van der Waals surface area contributed by atoms with Crippen molar-refractivity contribution in [3.8, 4) is 0 Å². The van der Waals surface area contributed by atoms with Gasteiger partial charge in [-0.1, -0.05) is 256 Å². The third-order valence-electron chi connectivity index (χ3n) is 14.1. The van der Waals surface area contributed by atoms with E-state index in [1.54, 1.807) is 0 Å². The highest BCUT2D eigenvalue weighted by atomic mass is 16.7. The van der Waals surface area contributed by atoms with E-state index in [1.165, 1.54) is 212 Å². The number of carbonyl (C=O) groups is 3. The third-order valence-corrected chi connectivity index (χ3v) is 14.1. The first-order valence-corrected chi connectivity index (χ1v) is 31.6. The largest absolute Gasteiger partial charge is 0.545 e. The molecule has 0 N–H and O–H groups in total. The van der Waals surface area contributed by atoms with Crippen LogP contribution in [0.2, 0.25) is 0 Å². The summed E-state index contributed by atoms with van der Waals surface area (Å²) in [5.74, 6) is -2.29. The maximum absolute atomic E-state index is 12.8. The van der Waals surface area contributed by atoms with Crippen LogP contribution in [0.15, 0.2) is 36.5 Å². The smallest absolute Gasteiger partial charge is 0.306 e. The van der Waals surface area contributed by atoms with E-state index in [1.807, 2.05) is 21.1 Å². The molecule has 0 saturated heterocycles. The summed E-state index contributed by atoms with van der Waals surface area (Å²) in [7, 11) is 5.92. The van der Waals surface area contributed by atoms with Gasteiger partial charge in [0.25, 0.3) is 0 Å². The molecule has 0 bridgehead atoms. The fraction of sp³-hybridized carbons (Fsp3) is 0.862. The second kappa shape index (κ2) is 56.7. The summed E-state index contributed by atoms with van der Waals surface area (Å²) in [5, 5.41) is 11.8. The minimum atomic E-state index is -1.62. The first-order valence-electron chi connectivity index (χ1n) is 31.6. The average molecular weight is 1040 g/mol. The predicted molar refractivity (Wildman–Crippen MR) is 311 cm³/mol. The molecule has 0 radical (unpaired) electrons. The molecule has 0 amide bonds. The van der Waals surface area contributed by atoms with Gasteiger partial charge in [-0.25, -0.2) is 0 Å². The fourth-order valence-electron chi connectivity index (χ4n) is 9.21. The second-order valence-corrected chi connectivity index (χ2v) is 22.7. The number of carboxylic acid groups (broad SMARTS) is 1. The van der Waals surface area contributed by atoms with Crippen LogP contribution in [0.1, 0.15) is 303 Å². The topological polar surface area (TPSA) is 111 Å². The number of carbonyl (C=O) groups excluding carboxylic acids is 3. The van der Waals surface area contributed by atoms with Crippen molar-refractivity contribution in [3.63, 3.8) is 0 Å². The number of unbranched alkanes of at least 4 members (excludes halogenated alkanes) is 38. The van der Waals surface area contributed by atoms with Crippen LogP contribution in [0.5, 0.6) is 0 Å². The number of hydrogen-bond donors (Lipinski definition) is 0. The van der Waals surface area contributed by atoms with Gasteiger partial charge < -0.3 is 33.3 Å². The molecular weight excluding hydrogens is 923 g/mol. The van der Waals surface area contributed by atoms with Gasteiger partial charge in [-0.2, -0.15) is 0 Å². The molecule has 0 aliphatic rings. The molecule has 9 nitrogen and oxygen atoms in total. The van der Waals surface area contributed by atoms with E-state index < -0.39 is 24.3 Å². The zero-order valence-corrected chi connectivity index (χ0v) is 49.5. The number of ether oxygens (including phenoxy) is 4.